The van der Waals surface area contributed by atoms with Gasteiger partial charge in [0.1, 0.15) is 11.5 Å². The molecule has 0 aliphatic carbocycles. The maximum atomic E-state index is 13.0. The monoisotopic (exact) mass is 881 g/mol. The van der Waals surface area contributed by atoms with Gasteiger partial charge in [-0.05, 0) is 147 Å². The quantitative estimate of drug-likeness (QED) is 0.0539. The molecule has 0 N–H and O–H groups in total. The molecule has 5 aromatic carbocycles. The molecular formula is C32H20I3O4S+. The van der Waals surface area contributed by atoms with Crippen LogP contribution in [-0.2, 0) is 10.9 Å². The third-order valence-corrected chi connectivity index (χ3v) is 11.9. The molecule has 0 amide bonds. The van der Waals surface area contributed by atoms with Crippen molar-refractivity contribution >= 4 is 90.6 Å². The van der Waals surface area contributed by atoms with E-state index < -0.39 is 11.9 Å². The summed E-state index contributed by atoms with van der Waals surface area (Å²) in [5, 5.41) is 0. The Morgan fingerprint density at radius 1 is 0.525 bits per heavy atom. The Labute approximate surface area is 276 Å². The molecule has 4 nitrogen and oxygen atoms in total. The summed E-state index contributed by atoms with van der Waals surface area (Å²) >= 11 is 6.45. The van der Waals surface area contributed by atoms with E-state index in [4.69, 9.17) is 9.47 Å². The van der Waals surface area contributed by atoms with Crippen LogP contribution >= 0.6 is 67.8 Å². The summed E-state index contributed by atoms with van der Waals surface area (Å²) in [6, 6.07) is 38.6. The van der Waals surface area contributed by atoms with Crippen LogP contribution in [0.5, 0.6) is 11.5 Å². The van der Waals surface area contributed by atoms with Gasteiger partial charge in [0.05, 0.1) is 22.0 Å². The fourth-order valence-electron chi connectivity index (χ4n) is 3.89. The largest absolute Gasteiger partial charge is 0.423 e. The Hall–Kier alpha value is -2.42. The molecule has 0 saturated carbocycles. The molecular weight excluding hydrogens is 861 g/mol. The number of benzene rings is 5. The Bertz CT molecular complexity index is 1620. The average Bonchev–Trinajstić information content (AvgIpc) is 2.97. The minimum atomic E-state index is -0.533. The molecule has 0 bridgehead atoms. The fraction of sp³-hybridized carbons (Fsp3) is 0. The normalized spacial score (nSPS) is 10.8. The zero-order valence-corrected chi connectivity index (χ0v) is 28.0. The zero-order chi connectivity index (χ0) is 28.1. The lowest BCUT2D eigenvalue weighted by atomic mass is 10.2. The van der Waals surface area contributed by atoms with Crippen LogP contribution in [0.3, 0.4) is 0 Å². The van der Waals surface area contributed by atoms with Crippen molar-refractivity contribution in [2.75, 3.05) is 0 Å². The molecule has 0 radical (unpaired) electrons. The van der Waals surface area contributed by atoms with E-state index in [1.807, 2.05) is 72.8 Å². The Kier molecular flexibility index (Phi) is 9.81. The van der Waals surface area contributed by atoms with Gasteiger partial charge >= 0.3 is 11.9 Å². The molecule has 40 heavy (non-hydrogen) atoms. The second kappa shape index (κ2) is 13.5. The van der Waals surface area contributed by atoms with Crippen molar-refractivity contribution in [1.29, 1.82) is 0 Å². The van der Waals surface area contributed by atoms with Gasteiger partial charge in [-0.15, -0.1) is 0 Å². The average molecular weight is 881 g/mol. The van der Waals surface area contributed by atoms with E-state index in [0.29, 0.717) is 11.3 Å². The van der Waals surface area contributed by atoms with Gasteiger partial charge in [0.15, 0.2) is 14.7 Å². The maximum Gasteiger partial charge on any atom is 0.345 e. The number of hydrogen-bond donors (Lipinski definition) is 0. The zero-order valence-electron chi connectivity index (χ0n) is 20.7. The van der Waals surface area contributed by atoms with Crippen molar-refractivity contribution in [1.82, 2.24) is 0 Å². The lowest BCUT2D eigenvalue weighted by Crippen LogP contribution is -2.14. The number of rotatable bonds is 7. The fourth-order valence-corrected chi connectivity index (χ4v) is 8.30. The molecule has 0 unspecified atom stereocenters. The van der Waals surface area contributed by atoms with Gasteiger partial charge in [-0.1, -0.05) is 42.5 Å². The number of esters is 2. The molecule has 198 valence electrons. The van der Waals surface area contributed by atoms with E-state index in [-0.39, 0.29) is 22.2 Å². The molecule has 0 heterocycles. The summed E-state index contributed by atoms with van der Waals surface area (Å²) < 4.78 is 13.9. The lowest BCUT2D eigenvalue weighted by Gasteiger charge is -2.11. The molecule has 8 heteroatoms. The van der Waals surface area contributed by atoms with Gasteiger partial charge < -0.3 is 9.47 Å². The van der Waals surface area contributed by atoms with Crippen molar-refractivity contribution in [2.45, 2.75) is 14.7 Å². The molecule has 0 aliphatic heterocycles. The maximum absolute atomic E-state index is 13.0. The predicted octanol–water partition coefficient (Wildman–Crippen LogP) is 9.03. The number of ether oxygens (including phenoxy) is 2. The van der Waals surface area contributed by atoms with Gasteiger partial charge in [-0.25, -0.2) is 9.59 Å². The van der Waals surface area contributed by atoms with Gasteiger partial charge in [0.2, 0.25) is 0 Å². The highest BCUT2D eigenvalue weighted by atomic mass is 127. The lowest BCUT2D eigenvalue weighted by molar-refractivity contribution is 0.0713. The van der Waals surface area contributed by atoms with Gasteiger partial charge in [0.25, 0.3) is 0 Å². The Morgan fingerprint density at radius 2 is 1.07 bits per heavy atom. The minimum absolute atomic E-state index is 0.273. The SMILES string of the molecule is O=C(Oc1ccc([S+](c2ccccc2)c2ccccc2)cc1)c1cccc(OC(=O)c2c(I)ccc(I)c2I)c1. The van der Waals surface area contributed by atoms with Crippen LogP contribution < -0.4 is 9.47 Å². The first kappa shape index (κ1) is 29.1. The summed E-state index contributed by atoms with van der Waals surface area (Å²) in [4.78, 5) is 29.4. The van der Waals surface area contributed by atoms with Crippen LogP contribution in [-0.4, -0.2) is 11.9 Å². The summed E-state index contributed by atoms with van der Waals surface area (Å²) in [5.74, 6) is -0.298. The molecule has 0 fully saturated rings. The Morgan fingerprint density at radius 3 is 1.70 bits per heavy atom. The molecule has 5 aromatic rings. The first-order valence-electron chi connectivity index (χ1n) is 12.0. The van der Waals surface area contributed by atoms with Crippen LogP contribution in [0.25, 0.3) is 0 Å². The highest BCUT2D eigenvalue weighted by Crippen LogP contribution is 2.32. The molecule has 0 atom stereocenters. The van der Waals surface area contributed by atoms with E-state index in [1.54, 1.807) is 18.2 Å². The number of hydrogen-bond acceptors (Lipinski definition) is 4. The summed E-state index contributed by atoms with van der Waals surface area (Å²) in [5.41, 5.74) is 0.793. The van der Waals surface area contributed by atoms with Gasteiger partial charge in [0, 0.05) is 10.7 Å². The van der Waals surface area contributed by atoms with Crippen molar-refractivity contribution in [3.63, 3.8) is 0 Å². The number of carbonyl (C=O) groups is 2. The summed E-state index contributed by atoms with van der Waals surface area (Å²) in [6.45, 7) is 0. The van der Waals surface area contributed by atoms with Crippen LogP contribution in [0.1, 0.15) is 20.7 Å². The molecule has 5 rings (SSSR count). The van der Waals surface area contributed by atoms with Crippen LogP contribution in [0.2, 0.25) is 0 Å². The molecule has 0 saturated heterocycles. The molecule has 0 aromatic heterocycles. The first-order chi connectivity index (χ1) is 19.4. The van der Waals surface area contributed by atoms with E-state index in [9.17, 15) is 9.59 Å². The third kappa shape index (κ3) is 6.89. The van der Waals surface area contributed by atoms with Crippen molar-refractivity contribution in [3.8, 4) is 11.5 Å². The van der Waals surface area contributed by atoms with Crippen LogP contribution in [0, 0.1) is 10.7 Å². The van der Waals surface area contributed by atoms with Crippen LogP contribution in [0.4, 0.5) is 0 Å². The topological polar surface area (TPSA) is 52.6 Å². The van der Waals surface area contributed by atoms with Gasteiger partial charge in [-0.2, -0.15) is 0 Å². The highest BCUT2D eigenvalue weighted by molar-refractivity contribution is 14.1. The number of carbonyl (C=O) groups excluding carboxylic acids is 2. The smallest absolute Gasteiger partial charge is 0.345 e. The van der Waals surface area contributed by atoms with Crippen molar-refractivity contribution in [2.24, 2.45) is 0 Å². The van der Waals surface area contributed by atoms with E-state index in [1.165, 1.54) is 15.9 Å². The second-order valence-electron chi connectivity index (χ2n) is 8.43. The Balaban J connectivity index is 1.32. The van der Waals surface area contributed by atoms with E-state index in [2.05, 4.69) is 92.0 Å². The van der Waals surface area contributed by atoms with Crippen LogP contribution in [0.15, 0.2) is 136 Å². The summed E-state index contributed by atoms with van der Waals surface area (Å²) in [7, 11) is -0.292. The minimum Gasteiger partial charge on any atom is -0.423 e. The van der Waals surface area contributed by atoms with Crippen molar-refractivity contribution < 1.29 is 19.1 Å². The van der Waals surface area contributed by atoms with E-state index in [0.717, 1.165) is 15.6 Å². The third-order valence-electron chi connectivity index (χ3n) is 5.76. The second-order valence-corrected chi connectivity index (χ2v) is 13.9. The molecule has 0 aliphatic rings. The first-order valence-corrected chi connectivity index (χ1v) is 16.5. The summed E-state index contributed by atoms with van der Waals surface area (Å²) in [6.07, 6.45) is 0. The van der Waals surface area contributed by atoms with Gasteiger partial charge in [-0.3, -0.25) is 0 Å². The molecule has 0 spiro atoms. The number of halogens is 3. The predicted molar refractivity (Wildman–Crippen MR) is 182 cm³/mol. The highest BCUT2D eigenvalue weighted by Gasteiger charge is 2.28. The van der Waals surface area contributed by atoms with Crippen molar-refractivity contribution in [3.05, 3.63) is 143 Å². The standard InChI is InChI=1S/C32H20I3O4S/c33-27-18-19-28(34)30(35)29(27)32(37)39-23-9-7-8-21(20-23)31(36)38-22-14-16-26(17-15-22)40(24-10-3-1-4-11-24)25-12-5-2-6-13-25/h1-20H/q+1. The van der Waals surface area contributed by atoms with E-state index >= 15 is 0 Å².